The number of hydrogen-bond donors (Lipinski definition) is 2. The average Bonchev–Trinajstić information content (AvgIpc) is 3.36. The second-order valence-corrected chi connectivity index (χ2v) is 9.27. The minimum Gasteiger partial charge on any atom is -0.364 e. The summed E-state index contributed by atoms with van der Waals surface area (Å²) in [6, 6.07) is 9.34. The maximum atomic E-state index is 12.8. The molecule has 7 nitrogen and oxygen atoms in total. The van der Waals surface area contributed by atoms with E-state index in [9.17, 15) is 18.0 Å². The first-order valence-electron chi connectivity index (χ1n) is 10.4. The average molecular weight is 475 g/mol. The third kappa shape index (κ3) is 4.64. The Kier molecular flexibility index (Phi) is 5.45. The molecule has 0 unspecified atom stereocenters. The van der Waals surface area contributed by atoms with E-state index in [2.05, 4.69) is 24.8 Å². The fourth-order valence-electron chi connectivity index (χ4n) is 4.21. The molecule has 0 atom stereocenters. The van der Waals surface area contributed by atoms with E-state index in [1.54, 1.807) is 12.1 Å². The van der Waals surface area contributed by atoms with Crippen LogP contribution in [-0.2, 0) is 13.0 Å². The zero-order valence-electron chi connectivity index (χ0n) is 17.5. The van der Waals surface area contributed by atoms with Crippen molar-refractivity contribution < 1.29 is 18.0 Å². The van der Waals surface area contributed by atoms with Gasteiger partial charge in [0.1, 0.15) is 22.7 Å². The molecule has 11 heteroatoms. The number of piperazine rings is 1. The summed E-state index contributed by atoms with van der Waals surface area (Å²) in [4.78, 5) is 28.2. The van der Waals surface area contributed by atoms with E-state index in [0.717, 1.165) is 47.4 Å². The number of primary amides is 1. The number of aromatic amines is 1. The minimum atomic E-state index is -4.25. The topological polar surface area (TPSA) is 91.1 Å². The van der Waals surface area contributed by atoms with Crippen LogP contribution in [0.4, 0.5) is 19.0 Å². The molecule has 4 aromatic rings. The number of thiophene rings is 1. The summed E-state index contributed by atoms with van der Waals surface area (Å²) in [7, 11) is 0. The van der Waals surface area contributed by atoms with Gasteiger partial charge in [0.2, 0.25) is 0 Å². The summed E-state index contributed by atoms with van der Waals surface area (Å²) in [6.45, 7) is 3.77. The number of halogens is 3. The fraction of sp³-hybridized carbons (Fsp3) is 0.318. The zero-order valence-corrected chi connectivity index (χ0v) is 18.3. The molecule has 33 heavy (non-hydrogen) atoms. The van der Waals surface area contributed by atoms with Gasteiger partial charge in [-0.1, -0.05) is 12.1 Å². The number of nitrogens with one attached hydrogen (secondary N) is 1. The van der Waals surface area contributed by atoms with Crippen molar-refractivity contribution in [2.45, 2.75) is 19.1 Å². The van der Waals surface area contributed by atoms with Gasteiger partial charge in [-0.15, -0.1) is 11.3 Å². The van der Waals surface area contributed by atoms with E-state index in [-0.39, 0.29) is 4.88 Å². The quantitative estimate of drug-likeness (QED) is 0.460. The van der Waals surface area contributed by atoms with Gasteiger partial charge in [-0.25, -0.2) is 9.97 Å². The fourth-order valence-corrected chi connectivity index (χ4v) is 5.23. The molecule has 4 heterocycles. The third-order valence-electron chi connectivity index (χ3n) is 5.76. The van der Waals surface area contributed by atoms with Crippen LogP contribution in [0.1, 0.15) is 20.9 Å². The van der Waals surface area contributed by atoms with Crippen LogP contribution in [0.15, 0.2) is 36.7 Å². The molecule has 0 spiro atoms. The summed E-state index contributed by atoms with van der Waals surface area (Å²) < 4.78 is 38.4. The van der Waals surface area contributed by atoms with Crippen LogP contribution >= 0.6 is 11.3 Å². The van der Waals surface area contributed by atoms with E-state index in [1.807, 2.05) is 18.2 Å². The number of benzene rings is 1. The van der Waals surface area contributed by atoms with E-state index >= 15 is 0 Å². The van der Waals surface area contributed by atoms with Crippen molar-refractivity contribution in [1.29, 1.82) is 0 Å². The molecule has 0 radical (unpaired) electrons. The largest absolute Gasteiger partial charge is 0.393 e. The van der Waals surface area contributed by atoms with Crippen molar-refractivity contribution in [3.05, 3.63) is 52.8 Å². The number of carbonyl (C=O) groups excluding carboxylic acids is 1. The number of H-pyrrole nitrogens is 1. The Hall–Kier alpha value is -3.18. The molecule has 1 aliphatic heterocycles. The van der Waals surface area contributed by atoms with Crippen molar-refractivity contribution in [2.24, 2.45) is 5.73 Å². The van der Waals surface area contributed by atoms with Gasteiger partial charge in [0.15, 0.2) is 0 Å². The van der Waals surface area contributed by atoms with Gasteiger partial charge in [-0.2, -0.15) is 13.2 Å². The number of amides is 1. The van der Waals surface area contributed by atoms with Gasteiger partial charge >= 0.3 is 6.18 Å². The number of nitrogens with two attached hydrogens (primary N) is 1. The predicted molar refractivity (Wildman–Crippen MR) is 121 cm³/mol. The molecule has 1 saturated heterocycles. The van der Waals surface area contributed by atoms with Gasteiger partial charge in [0.05, 0.1) is 11.8 Å². The number of nitrogens with zero attached hydrogens (tertiary/aromatic N) is 4. The lowest BCUT2D eigenvalue weighted by Gasteiger charge is -2.35. The summed E-state index contributed by atoms with van der Waals surface area (Å²) in [6.07, 6.45) is -3.78. The number of alkyl halides is 3. The standard InChI is InChI=1S/C22H21F3N6OS/c23-22(24,25)10-15-9-16-20(27-12-28-21(16)33-15)31-5-3-30(4-6-31)11-13-1-2-14-8-18(19(26)32)29-17(14)7-13/h1-2,7-9,12,29H,3-6,10-11H2,(H2,26,32). The monoisotopic (exact) mass is 474 g/mol. The Morgan fingerprint density at radius 2 is 1.91 bits per heavy atom. The van der Waals surface area contributed by atoms with Crippen LogP contribution < -0.4 is 10.6 Å². The highest BCUT2D eigenvalue weighted by atomic mass is 32.1. The molecule has 172 valence electrons. The first-order valence-corrected chi connectivity index (χ1v) is 11.3. The molecule has 5 rings (SSSR count). The Labute approximate surface area is 191 Å². The van der Waals surface area contributed by atoms with Gasteiger partial charge in [-0.3, -0.25) is 9.69 Å². The molecular formula is C22H21F3N6OS. The molecule has 0 bridgehead atoms. The second kappa shape index (κ2) is 8.31. The number of carbonyl (C=O) groups is 1. The van der Waals surface area contributed by atoms with Gasteiger partial charge in [0, 0.05) is 48.5 Å². The normalized spacial score (nSPS) is 15.5. The van der Waals surface area contributed by atoms with E-state index < -0.39 is 18.5 Å². The molecule has 0 saturated carbocycles. The highest BCUT2D eigenvalue weighted by Gasteiger charge is 2.29. The van der Waals surface area contributed by atoms with Crippen LogP contribution in [0.25, 0.3) is 21.1 Å². The molecule has 1 aliphatic rings. The number of aromatic nitrogens is 3. The van der Waals surface area contributed by atoms with Gasteiger partial charge in [-0.05, 0) is 23.8 Å². The van der Waals surface area contributed by atoms with Crippen molar-refractivity contribution in [2.75, 3.05) is 31.1 Å². The van der Waals surface area contributed by atoms with Gasteiger partial charge in [0.25, 0.3) is 5.91 Å². The predicted octanol–water partition coefficient (Wildman–Crippen LogP) is 3.70. The van der Waals surface area contributed by atoms with Crippen LogP contribution in [0.3, 0.4) is 0 Å². The van der Waals surface area contributed by atoms with Crippen molar-refractivity contribution in [1.82, 2.24) is 19.9 Å². The van der Waals surface area contributed by atoms with Crippen molar-refractivity contribution >= 4 is 44.2 Å². The molecule has 0 aliphatic carbocycles. The maximum Gasteiger partial charge on any atom is 0.393 e. The third-order valence-corrected chi connectivity index (χ3v) is 6.81. The smallest absolute Gasteiger partial charge is 0.364 e. The van der Waals surface area contributed by atoms with Crippen LogP contribution in [-0.4, -0.2) is 58.1 Å². The van der Waals surface area contributed by atoms with Crippen molar-refractivity contribution in [3.63, 3.8) is 0 Å². The highest BCUT2D eigenvalue weighted by Crippen LogP contribution is 2.34. The second-order valence-electron chi connectivity index (χ2n) is 8.15. The highest BCUT2D eigenvalue weighted by molar-refractivity contribution is 7.18. The Bertz CT molecular complexity index is 1320. The number of fused-ring (bicyclic) bond motifs is 2. The van der Waals surface area contributed by atoms with Crippen LogP contribution in [0, 0.1) is 0 Å². The van der Waals surface area contributed by atoms with E-state index in [0.29, 0.717) is 34.8 Å². The van der Waals surface area contributed by atoms with Crippen molar-refractivity contribution in [3.8, 4) is 0 Å². The lowest BCUT2D eigenvalue weighted by molar-refractivity contribution is -0.126. The van der Waals surface area contributed by atoms with Crippen LogP contribution in [0.5, 0.6) is 0 Å². The summed E-state index contributed by atoms with van der Waals surface area (Å²) in [5.41, 5.74) is 7.72. The zero-order chi connectivity index (χ0) is 23.2. The molecule has 3 aromatic heterocycles. The summed E-state index contributed by atoms with van der Waals surface area (Å²) >= 11 is 1.07. The first-order chi connectivity index (χ1) is 15.7. The van der Waals surface area contributed by atoms with E-state index in [1.165, 1.54) is 6.33 Å². The SMILES string of the molecule is NC(=O)c1cc2ccc(CN3CCN(c4ncnc5sc(CC(F)(F)F)cc45)CC3)cc2[nH]1. The van der Waals surface area contributed by atoms with Gasteiger partial charge < -0.3 is 15.6 Å². The van der Waals surface area contributed by atoms with E-state index in [4.69, 9.17) is 5.73 Å². The number of hydrogen-bond acceptors (Lipinski definition) is 6. The maximum absolute atomic E-state index is 12.8. The lowest BCUT2D eigenvalue weighted by atomic mass is 10.1. The summed E-state index contributed by atoms with van der Waals surface area (Å²) in [5.74, 6) is 0.204. The number of anilines is 1. The lowest BCUT2D eigenvalue weighted by Crippen LogP contribution is -2.46. The first kappa shape index (κ1) is 21.7. The molecule has 1 amide bonds. The summed E-state index contributed by atoms with van der Waals surface area (Å²) in [5, 5.41) is 1.61. The minimum absolute atomic E-state index is 0.247. The van der Waals surface area contributed by atoms with Crippen LogP contribution in [0.2, 0.25) is 0 Å². The Balaban J connectivity index is 1.27. The number of rotatable bonds is 5. The molecule has 3 N–H and O–H groups in total. The molecule has 1 fully saturated rings. The Morgan fingerprint density at radius 1 is 1.12 bits per heavy atom. The molecular weight excluding hydrogens is 453 g/mol. The Morgan fingerprint density at radius 3 is 2.64 bits per heavy atom. The molecule has 1 aromatic carbocycles.